The fraction of sp³-hybridized carbons (Fsp3) is 0.500. The largest absolute Gasteiger partial charge is 0.466 e. The van der Waals surface area contributed by atoms with Crippen LogP contribution in [0.2, 0.25) is 0 Å². The van der Waals surface area contributed by atoms with Gasteiger partial charge in [0.2, 0.25) is 0 Å². The molecule has 1 aromatic carbocycles. The van der Waals surface area contributed by atoms with Crippen molar-refractivity contribution in [2.45, 2.75) is 33.1 Å². The molecule has 2 heteroatoms. The van der Waals surface area contributed by atoms with E-state index in [1.807, 2.05) is 6.92 Å². The summed E-state index contributed by atoms with van der Waals surface area (Å²) in [4.78, 5) is 11.6. The number of benzene rings is 1. The molecule has 86 valence electrons. The number of aryl methyl sites for hydroxylation is 2. The van der Waals surface area contributed by atoms with Crippen molar-refractivity contribution < 1.29 is 9.53 Å². The molecule has 0 bridgehead atoms. The van der Waals surface area contributed by atoms with Crippen LogP contribution < -0.4 is 0 Å². The molecule has 0 aromatic heterocycles. The van der Waals surface area contributed by atoms with Gasteiger partial charge in [-0.3, -0.25) is 4.79 Å². The Morgan fingerprint density at radius 2 is 2.19 bits per heavy atom. The highest BCUT2D eigenvalue weighted by Crippen LogP contribution is 2.49. The van der Waals surface area contributed by atoms with Gasteiger partial charge in [-0.25, -0.2) is 0 Å². The summed E-state index contributed by atoms with van der Waals surface area (Å²) in [5.41, 5.74) is 3.86. The molecule has 2 nitrogen and oxygen atoms in total. The minimum atomic E-state index is -0.0339. The third-order valence-corrected chi connectivity index (χ3v) is 3.21. The molecular weight excluding hydrogens is 200 g/mol. The Balaban J connectivity index is 2.11. The Labute approximate surface area is 96.6 Å². The Kier molecular flexibility index (Phi) is 2.99. The molecule has 2 atom stereocenters. The predicted octanol–water partition coefficient (Wildman–Crippen LogP) is 2.97. The van der Waals surface area contributed by atoms with Gasteiger partial charge in [0.1, 0.15) is 0 Å². The third kappa shape index (κ3) is 2.11. The van der Waals surface area contributed by atoms with Gasteiger partial charge in [-0.15, -0.1) is 0 Å². The Morgan fingerprint density at radius 1 is 1.44 bits per heavy atom. The first-order chi connectivity index (χ1) is 7.63. The fourth-order valence-electron chi connectivity index (χ4n) is 2.21. The number of ether oxygens (including phenoxy) is 1. The van der Waals surface area contributed by atoms with E-state index in [0.717, 1.165) is 6.42 Å². The van der Waals surface area contributed by atoms with Crippen LogP contribution in [0.15, 0.2) is 18.2 Å². The summed E-state index contributed by atoms with van der Waals surface area (Å²) < 4.78 is 5.05. The van der Waals surface area contributed by atoms with E-state index < -0.39 is 0 Å². The van der Waals surface area contributed by atoms with Crippen LogP contribution in [0.25, 0.3) is 0 Å². The quantitative estimate of drug-likeness (QED) is 0.729. The minimum absolute atomic E-state index is 0.0339. The van der Waals surface area contributed by atoms with E-state index in [-0.39, 0.29) is 11.9 Å². The zero-order valence-corrected chi connectivity index (χ0v) is 10.1. The summed E-state index contributed by atoms with van der Waals surface area (Å²) >= 11 is 0. The predicted molar refractivity (Wildman–Crippen MR) is 63.4 cm³/mol. The van der Waals surface area contributed by atoms with Gasteiger partial charge in [0, 0.05) is 0 Å². The van der Waals surface area contributed by atoms with E-state index in [1.165, 1.54) is 16.7 Å². The van der Waals surface area contributed by atoms with Gasteiger partial charge in [-0.05, 0) is 44.2 Å². The first-order valence-electron chi connectivity index (χ1n) is 5.87. The van der Waals surface area contributed by atoms with Crippen molar-refractivity contribution in [1.82, 2.24) is 0 Å². The van der Waals surface area contributed by atoms with Crippen molar-refractivity contribution in [3.05, 3.63) is 34.9 Å². The van der Waals surface area contributed by atoms with Crippen molar-refractivity contribution in [2.75, 3.05) is 6.61 Å². The van der Waals surface area contributed by atoms with Gasteiger partial charge < -0.3 is 4.74 Å². The highest BCUT2D eigenvalue weighted by Gasteiger charge is 2.45. The lowest BCUT2D eigenvalue weighted by atomic mass is 10.0. The number of carbonyl (C=O) groups is 1. The molecule has 0 unspecified atom stereocenters. The molecule has 0 spiro atoms. The van der Waals surface area contributed by atoms with Crippen LogP contribution in [0.3, 0.4) is 0 Å². The lowest BCUT2D eigenvalue weighted by Crippen LogP contribution is -2.07. The lowest BCUT2D eigenvalue weighted by molar-refractivity contribution is -0.144. The van der Waals surface area contributed by atoms with Crippen molar-refractivity contribution in [1.29, 1.82) is 0 Å². The van der Waals surface area contributed by atoms with E-state index in [0.29, 0.717) is 12.5 Å². The normalized spacial score (nSPS) is 22.9. The van der Waals surface area contributed by atoms with E-state index in [9.17, 15) is 4.79 Å². The van der Waals surface area contributed by atoms with Crippen LogP contribution in [0.1, 0.15) is 36.0 Å². The van der Waals surface area contributed by atoms with Gasteiger partial charge in [0.25, 0.3) is 0 Å². The van der Waals surface area contributed by atoms with Gasteiger partial charge in [-0.1, -0.05) is 23.8 Å². The second-order valence-corrected chi connectivity index (χ2v) is 4.56. The summed E-state index contributed by atoms with van der Waals surface area (Å²) in [5.74, 6) is 0.452. The molecule has 1 aliphatic rings. The van der Waals surface area contributed by atoms with Gasteiger partial charge in [0.05, 0.1) is 12.5 Å². The molecule has 0 aliphatic heterocycles. The first kappa shape index (κ1) is 11.2. The van der Waals surface area contributed by atoms with Crippen molar-refractivity contribution >= 4 is 5.97 Å². The molecule has 0 saturated heterocycles. The van der Waals surface area contributed by atoms with Crippen LogP contribution in [-0.2, 0) is 9.53 Å². The molecule has 1 fully saturated rings. The number of hydrogen-bond acceptors (Lipinski definition) is 2. The Morgan fingerprint density at radius 3 is 2.88 bits per heavy atom. The number of rotatable bonds is 3. The molecule has 0 N–H and O–H groups in total. The van der Waals surface area contributed by atoms with Crippen LogP contribution in [0.5, 0.6) is 0 Å². The molecule has 1 aliphatic carbocycles. The molecule has 1 aromatic rings. The van der Waals surface area contributed by atoms with Gasteiger partial charge in [-0.2, -0.15) is 0 Å². The van der Waals surface area contributed by atoms with Crippen LogP contribution in [0, 0.1) is 19.8 Å². The minimum Gasteiger partial charge on any atom is -0.466 e. The maximum Gasteiger partial charge on any atom is 0.309 e. The SMILES string of the molecule is CCOC(=O)[C@H]1C[C@@H]1c1cc(C)ccc1C. The Bertz CT molecular complexity index is 409. The molecular formula is C14H18O2. The maximum atomic E-state index is 11.6. The molecule has 0 amide bonds. The monoisotopic (exact) mass is 218 g/mol. The molecule has 2 rings (SSSR count). The van der Waals surface area contributed by atoms with Crippen molar-refractivity contribution in [3.8, 4) is 0 Å². The summed E-state index contributed by atoms with van der Waals surface area (Å²) in [5, 5.41) is 0. The second kappa shape index (κ2) is 4.28. The molecule has 16 heavy (non-hydrogen) atoms. The van der Waals surface area contributed by atoms with E-state index in [1.54, 1.807) is 0 Å². The van der Waals surface area contributed by atoms with Crippen molar-refractivity contribution in [3.63, 3.8) is 0 Å². The summed E-state index contributed by atoms with van der Waals surface area (Å²) in [6, 6.07) is 6.44. The van der Waals surface area contributed by atoms with E-state index >= 15 is 0 Å². The zero-order valence-electron chi connectivity index (χ0n) is 10.1. The van der Waals surface area contributed by atoms with Crippen LogP contribution in [0.4, 0.5) is 0 Å². The smallest absolute Gasteiger partial charge is 0.309 e. The summed E-state index contributed by atoms with van der Waals surface area (Å²) in [6.07, 6.45) is 0.948. The third-order valence-electron chi connectivity index (χ3n) is 3.21. The average Bonchev–Trinajstić information content (AvgIpc) is 3.02. The highest BCUT2D eigenvalue weighted by molar-refractivity contribution is 5.77. The standard InChI is InChI=1S/C14H18O2/c1-4-16-14(15)13-8-12(13)11-7-9(2)5-6-10(11)3/h5-7,12-13H,4,8H2,1-3H3/t12-,13+/m1/s1. The molecule has 0 radical (unpaired) electrons. The Hall–Kier alpha value is -1.31. The van der Waals surface area contributed by atoms with E-state index in [2.05, 4.69) is 32.0 Å². The number of hydrogen-bond donors (Lipinski definition) is 0. The summed E-state index contributed by atoms with van der Waals surface area (Å²) in [6.45, 7) is 6.53. The molecule has 1 saturated carbocycles. The number of esters is 1. The second-order valence-electron chi connectivity index (χ2n) is 4.56. The van der Waals surface area contributed by atoms with Crippen LogP contribution >= 0.6 is 0 Å². The maximum absolute atomic E-state index is 11.6. The molecule has 0 heterocycles. The van der Waals surface area contributed by atoms with Gasteiger partial charge >= 0.3 is 5.97 Å². The lowest BCUT2D eigenvalue weighted by Gasteiger charge is -2.06. The van der Waals surface area contributed by atoms with Crippen LogP contribution in [-0.4, -0.2) is 12.6 Å². The highest BCUT2D eigenvalue weighted by atomic mass is 16.5. The van der Waals surface area contributed by atoms with Gasteiger partial charge in [0.15, 0.2) is 0 Å². The zero-order chi connectivity index (χ0) is 11.7. The average molecular weight is 218 g/mol. The summed E-state index contributed by atoms with van der Waals surface area (Å²) in [7, 11) is 0. The van der Waals surface area contributed by atoms with E-state index in [4.69, 9.17) is 4.74 Å². The first-order valence-corrected chi connectivity index (χ1v) is 5.87. The number of carbonyl (C=O) groups excluding carboxylic acids is 1. The fourth-order valence-corrected chi connectivity index (χ4v) is 2.21. The van der Waals surface area contributed by atoms with Crippen molar-refractivity contribution in [2.24, 2.45) is 5.92 Å². The topological polar surface area (TPSA) is 26.3 Å².